The van der Waals surface area contributed by atoms with E-state index in [0.717, 1.165) is 32.1 Å². The number of aromatic hydroxyl groups is 1. The maximum atomic E-state index is 13.9. The zero-order valence-corrected chi connectivity index (χ0v) is 22.3. The predicted octanol–water partition coefficient (Wildman–Crippen LogP) is 7.58. The molecule has 0 aliphatic heterocycles. The van der Waals surface area contributed by atoms with Crippen molar-refractivity contribution in [3.8, 4) is 17.2 Å². The Bertz CT molecular complexity index is 1100. The molecule has 2 atom stereocenters. The van der Waals surface area contributed by atoms with Gasteiger partial charge in [0.05, 0.1) is 12.1 Å². The third kappa shape index (κ3) is 9.60. The Kier molecular flexibility index (Phi) is 11.1. The number of carbonyl (C=O) groups excluding carboxylic acids is 1. The molecule has 0 aliphatic rings. The third-order valence-corrected chi connectivity index (χ3v) is 7.20. The number of para-hydroxylation sites is 2. The molecule has 0 radical (unpaired) electrons. The zero-order chi connectivity index (χ0) is 26.5. The third-order valence-electron chi connectivity index (χ3n) is 5.74. The van der Waals surface area contributed by atoms with Gasteiger partial charge in [0.1, 0.15) is 17.2 Å². The van der Waals surface area contributed by atoms with Crippen LogP contribution in [-0.2, 0) is 13.9 Å². The van der Waals surface area contributed by atoms with Gasteiger partial charge in [0, 0.05) is 6.42 Å². The number of phenolic OH excluding ortho intramolecular Hbond substituents is 1. The number of carbonyl (C=O) groups is 1. The number of nitrogens with one attached hydrogen (secondary N) is 1. The normalized spacial score (nSPS) is 12.9. The Balaban J connectivity index is 1.80. The zero-order valence-electron chi connectivity index (χ0n) is 21.4. The molecule has 37 heavy (non-hydrogen) atoms. The van der Waals surface area contributed by atoms with Crippen molar-refractivity contribution >= 4 is 13.7 Å². The highest BCUT2D eigenvalue weighted by atomic mass is 31.2. The standard InChI is InChI=1S/C29H36NO6P/c1-3-4-5-6-13-21-28(32)30-29(24-15-14-16-25(31)22-24)23(2)34-37(33,35-26-17-9-7-10-18-26)36-27-19-11-8-12-20-27/h7-12,14-20,22-23,29,31H,3-6,13,21H2,1-2H3,(H,30,32)/t23-,29-/m0/s1. The van der Waals surface area contributed by atoms with Crippen LogP contribution < -0.4 is 14.4 Å². The number of hydrogen-bond donors (Lipinski definition) is 2. The van der Waals surface area contributed by atoms with Crippen molar-refractivity contribution < 1.29 is 28.0 Å². The number of rotatable bonds is 15. The monoisotopic (exact) mass is 525 g/mol. The van der Waals surface area contributed by atoms with Crippen molar-refractivity contribution in [3.05, 3.63) is 90.5 Å². The lowest BCUT2D eigenvalue weighted by molar-refractivity contribution is -0.122. The van der Waals surface area contributed by atoms with Gasteiger partial charge in [-0.1, -0.05) is 81.1 Å². The fraction of sp³-hybridized carbons (Fsp3) is 0.345. The molecule has 7 nitrogen and oxygen atoms in total. The number of amides is 1. The first-order valence-corrected chi connectivity index (χ1v) is 14.2. The lowest BCUT2D eigenvalue weighted by Gasteiger charge is -2.28. The Morgan fingerprint density at radius 1 is 0.865 bits per heavy atom. The summed E-state index contributed by atoms with van der Waals surface area (Å²) in [4.78, 5) is 12.8. The van der Waals surface area contributed by atoms with Crippen LogP contribution in [0, 0.1) is 0 Å². The number of phenols is 1. The molecular formula is C29H36NO6P. The van der Waals surface area contributed by atoms with E-state index in [1.54, 1.807) is 79.7 Å². The minimum absolute atomic E-state index is 0.0489. The van der Waals surface area contributed by atoms with Crippen LogP contribution in [0.1, 0.15) is 64.0 Å². The van der Waals surface area contributed by atoms with Gasteiger partial charge < -0.3 is 19.5 Å². The molecule has 8 heteroatoms. The van der Waals surface area contributed by atoms with E-state index >= 15 is 0 Å². The van der Waals surface area contributed by atoms with Crippen LogP contribution in [0.2, 0.25) is 0 Å². The van der Waals surface area contributed by atoms with Crippen molar-refractivity contribution in [1.29, 1.82) is 0 Å². The second-order valence-electron chi connectivity index (χ2n) is 8.87. The highest BCUT2D eigenvalue weighted by Crippen LogP contribution is 2.51. The molecule has 198 valence electrons. The van der Waals surface area contributed by atoms with Crippen LogP contribution in [0.15, 0.2) is 84.9 Å². The molecule has 3 rings (SSSR count). The summed E-state index contributed by atoms with van der Waals surface area (Å²) in [7, 11) is -4.20. The van der Waals surface area contributed by atoms with Gasteiger partial charge >= 0.3 is 7.82 Å². The van der Waals surface area contributed by atoms with Crippen molar-refractivity contribution in [3.63, 3.8) is 0 Å². The average Bonchev–Trinajstić information content (AvgIpc) is 2.88. The molecule has 0 fully saturated rings. The number of unbranched alkanes of at least 4 members (excludes halogenated alkanes) is 4. The highest BCUT2D eigenvalue weighted by molar-refractivity contribution is 7.49. The van der Waals surface area contributed by atoms with Crippen LogP contribution >= 0.6 is 7.82 Å². The molecule has 0 spiro atoms. The van der Waals surface area contributed by atoms with Crippen LogP contribution in [0.4, 0.5) is 0 Å². The van der Waals surface area contributed by atoms with Crippen LogP contribution in [-0.4, -0.2) is 17.1 Å². The Morgan fingerprint density at radius 2 is 1.46 bits per heavy atom. The Hall–Kier alpha value is -3.28. The van der Waals surface area contributed by atoms with E-state index in [-0.39, 0.29) is 11.7 Å². The van der Waals surface area contributed by atoms with Gasteiger partial charge in [-0.2, -0.15) is 0 Å². The van der Waals surface area contributed by atoms with E-state index in [0.29, 0.717) is 23.5 Å². The molecule has 0 aliphatic carbocycles. The summed E-state index contributed by atoms with van der Waals surface area (Å²) in [6, 6.07) is 23.1. The van der Waals surface area contributed by atoms with Gasteiger partial charge in [0.25, 0.3) is 0 Å². The summed E-state index contributed by atoms with van der Waals surface area (Å²) >= 11 is 0. The van der Waals surface area contributed by atoms with Crippen molar-refractivity contribution in [2.24, 2.45) is 0 Å². The number of hydrogen-bond acceptors (Lipinski definition) is 6. The molecular weight excluding hydrogens is 489 g/mol. The molecule has 0 bridgehead atoms. The highest BCUT2D eigenvalue weighted by Gasteiger charge is 2.37. The molecule has 3 aromatic rings. The summed E-state index contributed by atoms with van der Waals surface area (Å²) < 4.78 is 31.4. The topological polar surface area (TPSA) is 94.1 Å². The van der Waals surface area contributed by atoms with E-state index < -0.39 is 20.0 Å². The average molecular weight is 526 g/mol. The van der Waals surface area contributed by atoms with Crippen molar-refractivity contribution in [2.45, 2.75) is 64.5 Å². The van der Waals surface area contributed by atoms with Crippen molar-refractivity contribution in [2.75, 3.05) is 0 Å². The van der Waals surface area contributed by atoms with E-state index in [2.05, 4.69) is 12.2 Å². The van der Waals surface area contributed by atoms with Crippen LogP contribution in [0.25, 0.3) is 0 Å². The molecule has 0 saturated heterocycles. The van der Waals surface area contributed by atoms with Gasteiger partial charge in [-0.05, 0) is 55.3 Å². The fourth-order valence-corrected chi connectivity index (χ4v) is 5.28. The second-order valence-corrected chi connectivity index (χ2v) is 10.3. The van der Waals surface area contributed by atoms with Crippen LogP contribution in [0.5, 0.6) is 17.2 Å². The lowest BCUT2D eigenvalue weighted by Crippen LogP contribution is -2.36. The van der Waals surface area contributed by atoms with Gasteiger partial charge in [-0.15, -0.1) is 0 Å². The Labute approximate surface area is 219 Å². The van der Waals surface area contributed by atoms with E-state index in [4.69, 9.17) is 13.6 Å². The first-order chi connectivity index (χ1) is 17.9. The molecule has 0 unspecified atom stereocenters. The summed E-state index contributed by atoms with van der Waals surface area (Å²) in [6.07, 6.45) is 4.67. The smallest absolute Gasteiger partial charge is 0.508 e. The number of benzene rings is 3. The summed E-state index contributed by atoms with van der Waals surface area (Å²) in [5, 5.41) is 13.1. The number of phosphoric acid groups is 1. The predicted molar refractivity (Wildman–Crippen MR) is 145 cm³/mol. The maximum Gasteiger partial charge on any atom is 0.587 e. The van der Waals surface area contributed by atoms with E-state index in [9.17, 15) is 14.5 Å². The minimum Gasteiger partial charge on any atom is -0.508 e. The molecule has 3 aromatic carbocycles. The van der Waals surface area contributed by atoms with Crippen LogP contribution in [0.3, 0.4) is 0 Å². The summed E-state index contributed by atoms with van der Waals surface area (Å²) in [5.41, 5.74) is 0.609. The largest absolute Gasteiger partial charge is 0.587 e. The lowest BCUT2D eigenvalue weighted by atomic mass is 10.0. The molecule has 0 saturated carbocycles. The Morgan fingerprint density at radius 3 is 2.03 bits per heavy atom. The first-order valence-electron chi connectivity index (χ1n) is 12.7. The summed E-state index contributed by atoms with van der Waals surface area (Å²) in [6.45, 7) is 3.83. The second kappa shape index (κ2) is 14.5. The quantitative estimate of drug-likeness (QED) is 0.157. The van der Waals surface area contributed by atoms with Gasteiger partial charge in [0.15, 0.2) is 0 Å². The van der Waals surface area contributed by atoms with E-state index in [1.807, 2.05) is 12.1 Å². The number of phosphoric ester groups is 1. The first kappa shape index (κ1) is 28.3. The minimum atomic E-state index is -4.20. The van der Waals surface area contributed by atoms with E-state index in [1.165, 1.54) is 0 Å². The molecule has 1 amide bonds. The van der Waals surface area contributed by atoms with Crippen molar-refractivity contribution in [1.82, 2.24) is 5.32 Å². The van der Waals surface area contributed by atoms with Gasteiger partial charge in [-0.25, -0.2) is 4.57 Å². The SMILES string of the molecule is CCCCCCCC(=O)N[C@H](c1cccc(O)c1)[C@H](C)OP(=O)(Oc1ccccc1)Oc1ccccc1. The van der Waals surface area contributed by atoms with Gasteiger partial charge in [-0.3, -0.25) is 9.32 Å². The molecule has 0 aromatic heterocycles. The fourth-order valence-electron chi connectivity index (χ4n) is 3.87. The maximum absolute atomic E-state index is 13.9. The molecule has 2 N–H and O–H groups in total. The summed E-state index contributed by atoms with van der Waals surface area (Å²) in [5.74, 6) is 0.536. The van der Waals surface area contributed by atoms with Gasteiger partial charge in [0.2, 0.25) is 5.91 Å². The molecule has 0 heterocycles.